The Morgan fingerprint density at radius 2 is 2.04 bits per heavy atom. The molecule has 2 aromatic rings. The number of aryl methyl sites for hydroxylation is 1. The first-order valence-electron chi connectivity index (χ1n) is 8.10. The van der Waals surface area contributed by atoms with E-state index in [1.54, 1.807) is 7.11 Å². The van der Waals surface area contributed by atoms with Crippen LogP contribution in [0, 0.1) is 6.92 Å². The number of aliphatic hydroxyl groups excluding tert-OH is 1. The number of para-hydroxylation sites is 1. The largest absolute Gasteiger partial charge is 0.491 e. The first-order chi connectivity index (χ1) is 12.1. The van der Waals surface area contributed by atoms with Crippen molar-refractivity contribution in [3.8, 4) is 5.75 Å². The third-order valence-electron chi connectivity index (χ3n) is 3.48. The molecular formula is C19H25N3O3. The van der Waals surface area contributed by atoms with Crippen LogP contribution in [0.25, 0.3) is 0 Å². The molecule has 25 heavy (non-hydrogen) atoms. The van der Waals surface area contributed by atoms with Crippen LogP contribution >= 0.6 is 0 Å². The Hall–Kier alpha value is -2.57. The molecule has 2 rings (SSSR count). The molecule has 0 radical (unpaired) electrons. The van der Waals surface area contributed by atoms with E-state index in [-0.39, 0.29) is 19.1 Å². The Labute approximate surface area is 148 Å². The van der Waals surface area contributed by atoms with Gasteiger partial charge in [0.15, 0.2) is 5.96 Å². The maximum Gasteiger partial charge on any atom is 0.193 e. The van der Waals surface area contributed by atoms with E-state index in [0.29, 0.717) is 6.61 Å². The average Bonchev–Trinajstić information content (AvgIpc) is 2.60. The number of nitrogens with one attached hydrogen (secondary N) is 1. The highest BCUT2D eigenvalue weighted by Crippen LogP contribution is 2.15. The van der Waals surface area contributed by atoms with Crippen LogP contribution < -0.4 is 15.8 Å². The summed E-state index contributed by atoms with van der Waals surface area (Å²) in [7, 11) is 1.64. The lowest BCUT2D eigenvalue weighted by atomic mass is 10.2. The minimum Gasteiger partial charge on any atom is -0.491 e. The number of methoxy groups -OCH3 is 1. The lowest BCUT2D eigenvalue weighted by molar-refractivity contribution is 0.114. The van der Waals surface area contributed by atoms with Crippen molar-refractivity contribution in [1.82, 2.24) is 0 Å². The second kappa shape index (κ2) is 9.66. The van der Waals surface area contributed by atoms with Crippen LogP contribution in [0.1, 0.15) is 11.1 Å². The number of benzene rings is 2. The highest BCUT2D eigenvalue weighted by Gasteiger charge is 2.06. The van der Waals surface area contributed by atoms with E-state index in [2.05, 4.69) is 10.3 Å². The zero-order valence-corrected chi connectivity index (χ0v) is 14.6. The number of nitrogens with zero attached hydrogens (tertiary/aromatic N) is 1. The van der Waals surface area contributed by atoms with Gasteiger partial charge in [-0.25, -0.2) is 0 Å². The average molecular weight is 343 g/mol. The van der Waals surface area contributed by atoms with Gasteiger partial charge in [-0.3, -0.25) is 4.99 Å². The monoisotopic (exact) mass is 343 g/mol. The second-order valence-electron chi connectivity index (χ2n) is 5.72. The Balaban J connectivity index is 1.84. The fourth-order valence-electron chi connectivity index (χ4n) is 2.26. The van der Waals surface area contributed by atoms with Crippen molar-refractivity contribution in [2.75, 3.05) is 25.6 Å². The van der Waals surface area contributed by atoms with E-state index in [1.165, 1.54) is 0 Å². The molecule has 6 nitrogen and oxygen atoms in total. The molecule has 1 unspecified atom stereocenters. The molecule has 0 fully saturated rings. The van der Waals surface area contributed by atoms with Crippen LogP contribution in [0.3, 0.4) is 0 Å². The number of anilines is 1. The van der Waals surface area contributed by atoms with Gasteiger partial charge in [-0.2, -0.15) is 0 Å². The minimum absolute atomic E-state index is 0.150. The summed E-state index contributed by atoms with van der Waals surface area (Å²) in [4.78, 5) is 4.16. The first kappa shape index (κ1) is 18.8. The Morgan fingerprint density at radius 3 is 2.80 bits per heavy atom. The van der Waals surface area contributed by atoms with Crippen LogP contribution in [-0.2, 0) is 11.3 Å². The standard InChI is InChI=1S/C19H25N3O3/c1-14-6-5-8-17(10-14)25-13-16(23)11-21-19(20)22-18-9-4-3-7-15(18)12-24-2/h3-10,16,23H,11-13H2,1-2H3,(H3,20,21,22). The van der Waals surface area contributed by atoms with Gasteiger partial charge in [0, 0.05) is 18.4 Å². The predicted molar refractivity (Wildman–Crippen MR) is 99.9 cm³/mol. The normalized spacial score (nSPS) is 12.7. The molecule has 6 heteroatoms. The van der Waals surface area contributed by atoms with E-state index >= 15 is 0 Å². The van der Waals surface area contributed by atoms with E-state index in [0.717, 1.165) is 22.6 Å². The van der Waals surface area contributed by atoms with Gasteiger partial charge >= 0.3 is 0 Å². The SMILES string of the molecule is COCc1ccccc1NC(N)=NCC(O)COc1cccc(C)c1. The third kappa shape index (κ3) is 6.45. The summed E-state index contributed by atoms with van der Waals surface area (Å²) in [6, 6.07) is 15.3. The van der Waals surface area contributed by atoms with Crippen molar-refractivity contribution < 1.29 is 14.6 Å². The van der Waals surface area contributed by atoms with Crippen LogP contribution in [0.2, 0.25) is 0 Å². The van der Waals surface area contributed by atoms with E-state index < -0.39 is 6.10 Å². The van der Waals surface area contributed by atoms with Gasteiger partial charge in [0.25, 0.3) is 0 Å². The van der Waals surface area contributed by atoms with E-state index in [9.17, 15) is 5.11 Å². The zero-order chi connectivity index (χ0) is 18.1. The van der Waals surface area contributed by atoms with Gasteiger partial charge in [-0.05, 0) is 30.7 Å². The quantitative estimate of drug-likeness (QED) is 0.505. The van der Waals surface area contributed by atoms with Crippen molar-refractivity contribution in [2.24, 2.45) is 10.7 Å². The topological polar surface area (TPSA) is 89.1 Å². The third-order valence-corrected chi connectivity index (χ3v) is 3.48. The number of nitrogens with two attached hydrogens (primary N) is 1. The van der Waals surface area contributed by atoms with Crippen molar-refractivity contribution in [1.29, 1.82) is 0 Å². The number of guanidine groups is 1. The highest BCUT2D eigenvalue weighted by molar-refractivity contribution is 5.92. The molecule has 1 atom stereocenters. The maximum atomic E-state index is 10.00. The maximum absolute atomic E-state index is 10.00. The number of ether oxygens (including phenoxy) is 2. The predicted octanol–water partition coefficient (Wildman–Crippen LogP) is 2.31. The second-order valence-corrected chi connectivity index (χ2v) is 5.72. The molecule has 0 bridgehead atoms. The Morgan fingerprint density at radius 1 is 1.24 bits per heavy atom. The van der Waals surface area contributed by atoms with E-state index in [1.807, 2.05) is 55.5 Å². The number of aliphatic imine (C=N–C) groups is 1. The molecule has 0 aliphatic carbocycles. The van der Waals surface area contributed by atoms with Crippen molar-refractivity contribution in [3.63, 3.8) is 0 Å². The smallest absolute Gasteiger partial charge is 0.193 e. The zero-order valence-electron chi connectivity index (χ0n) is 14.6. The molecule has 2 aromatic carbocycles. The lowest BCUT2D eigenvalue weighted by Crippen LogP contribution is -2.27. The Kier molecular flexibility index (Phi) is 7.25. The minimum atomic E-state index is -0.741. The van der Waals surface area contributed by atoms with Crippen LogP contribution in [0.15, 0.2) is 53.5 Å². The van der Waals surface area contributed by atoms with Gasteiger partial charge < -0.3 is 25.6 Å². The summed E-state index contributed by atoms with van der Waals surface area (Å²) < 4.78 is 10.7. The molecule has 0 aliphatic rings. The fraction of sp³-hybridized carbons (Fsp3) is 0.316. The molecule has 0 aromatic heterocycles. The summed E-state index contributed by atoms with van der Waals surface area (Å²) >= 11 is 0. The molecule has 0 saturated carbocycles. The molecular weight excluding hydrogens is 318 g/mol. The van der Waals surface area contributed by atoms with Crippen molar-refractivity contribution in [3.05, 3.63) is 59.7 Å². The van der Waals surface area contributed by atoms with Gasteiger partial charge in [-0.15, -0.1) is 0 Å². The number of hydrogen-bond donors (Lipinski definition) is 3. The van der Waals surface area contributed by atoms with E-state index in [4.69, 9.17) is 15.2 Å². The van der Waals surface area contributed by atoms with Gasteiger partial charge in [-0.1, -0.05) is 30.3 Å². The number of rotatable bonds is 8. The fourth-order valence-corrected chi connectivity index (χ4v) is 2.26. The van der Waals surface area contributed by atoms with Gasteiger partial charge in [0.1, 0.15) is 18.5 Å². The number of hydrogen-bond acceptors (Lipinski definition) is 4. The lowest BCUT2D eigenvalue weighted by Gasteiger charge is -2.13. The molecule has 0 aliphatic heterocycles. The summed E-state index contributed by atoms with van der Waals surface area (Å²) in [5, 5.41) is 13.0. The van der Waals surface area contributed by atoms with Crippen LogP contribution in [0.5, 0.6) is 5.75 Å². The first-order valence-corrected chi connectivity index (χ1v) is 8.10. The molecule has 0 saturated heterocycles. The summed E-state index contributed by atoms with van der Waals surface area (Å²) in [6.45, 7) is 2.77. The molecule has 4 N–H and O–H groups in total. The van der Waals surface area contributed by atoms with Gasteiger partial charge in [0.05, 0.1) is 13.2 Å². The van der Waals surface area contributed by atoms with Crippen LogP contribution in [0.4, 0.5) is 5.69 Å². The summed E-state index contributed by atoms with van der Waals surface area (Å²) in [6.07, 6.45) is -0.741. The van der Waals surface area contributed by atoms with Crippen molar-refractivity contribution in [2.45, 2.75) is 19.6 Å². The molecule has 134 valence electrons. The van der Waals surface area contributed by atoms with Crippen LogP contribution in [-0.4, -0.2) is 37.4 Å². The molecule has 0 heterocycles. The Bertz CT molecular complexity index is 704. The molecule has 0 amide bonds. The molecule has 0 spiro atoms. The summed E-state index contributed by atoms with van der Waals surface area (Å²) in [5.41, 5.74) is 8.81. The summed E-state index contributed by atoms with van der Waals surface area (Å²) in [5.74, 6) is 0.959. The number of aliphatic hydroxyl groups is 1. The van der Waals surface area contributed by atoms with Crippen molar-refractivity contribution >= 4 is 11.6 Å². The van der Waals surface area contributed by atoms with Gasteiger partial charge in [0.2, 0.25) is 0 Å². The highest BCUT2D eigenvalue weighted by atomic mass is 16.5.